The summed E-state index contributed by atoms with van der Waals surface area (Å²) < 4.78 is 11.0. The van der Waals surface area contributed by atoms with Crippen LogP contribution in [0.25, 0.3) is 0 Å². The number of nitrogens with one attached hydrogen (secondary N) is 2. The summed E-state index contributed by atoms with van der Waals surface area (Å²) in [7, 11) is 3.31. The molecule has 0 saturated carbocycles. The zero-order valence-electron chi connectivity index (χ0n) is 18.6. The van der Waals surface area contributed by atoms with Crippen LogP contribution in [0.15, 0.2) is 42.5 Å². The Labute approximate surface area is 179 Å². The molecule has 0 saturated heterocycles. The fourth-order valence-corrected chi connectivity index (χ4v) is 3.90. The molecule has 3 rings (SSSR count). The van der Waals surface area contributed by atoms with E-state index in [1.165, 1.54) is 16.7 Å². The average molecular weight is 412 g/mol. The molecule has 0 radical (unpaired) electrons. The van der Waals surface area contributed by atoms with Gasteiger partial charge in [-0.1, -0.05) is 30.3 Å². The predicted molar refractivity (Wildman–Crippen MR) is 119 cm³/mol. The van der Waals surface area contributed by atoms with Crippen molar-refractivity contribution in [2.45, 2.75) is 45.3 Å². The summed E-state index contributed by atoms with van der Waals surface area (Å²) in [5.74, 6) is 1.45. The van der Waals surface area contributed by atoms with Crippen molar-refractivity contribution in [3.05, 3.63) is 59.2 Å². The number of hydrogen-bond acceptors (Lipinski definition) is 4. The van der Waals surface area contributed by atoms with Crippen molar-refractivity contribution in [1.82, 2.24) is 15.5 Å². The van der Waals surface area contributed by atoms with Gasteiger partial charge in [0.15, 0.2) is 11.5 Å². The molecular formula is C24H33N3O3. The Hall–Kier alpha value is -2.73. The van der Waals surface area contributed by atoms with Gasteiger partial charge >= 0.3 is 6.03 Å². The molecule has 30 heavy (non-hydrogen) atoms. The number of rotatable bonds is 6. The maximum absolute atomic E-state index is 12.4. The van der Waals surface area contributed by atoms with Gasteiger partial charge in [0, 0.05) is 25.2 Å². The number of amides is 2. The molecule has 1 aliphatic rings. The summed E-state index contributed by atoms with van der Waals surface area (Å²) >= 11 is 0. The lowest BCUT2D eigenvalue weighted by Gasteiger charge is -2.38. The fraction of sp³-hybridized carbons (Fsp3) is 0.458. The molecule has 1 heterocycles. The second kappa shape index (κ2) is 9.39. The normalized spacial score (nSPS) is 16.5. The third-order valence-corrected chi connectivity index (χ3v) is 5.29. The van der Waals surface area contributed by atoms with Gasteiger partial charge in [-0.15, -0.1) is 0 Å². The zero-order valence-corrected chi connectivity index (χ0v) is 18.6. The summed E-state index contributed by atoms with van der Waals surface area (Å²) in [6, 6.07) is 14.4. The molecular weight excluding hydrogens is 378 g/mol. The van der Waals surface area contributed by atoms with Crippen molar-refractivity contribution in [2.24, 2.45) is 0 Å². The molecule has 6 nitrogen and oxygen atoms in total. The van der Waals surface area contributed by atoms with Crippen LogP contribution in [0.3, 0.4) is 0 Å². The standard InChI is InChI=1S/C24H33N3O3/c1-24(2,3)26-23(28)25-15-20-19-14-22(30-5)21(29-4)13-18(19)11-12-27(20)16-17-9-7-6-8-10-17/h6-10,13-14,20H,11-12,15-16H2,1-5H3,(H2,25,26,28)/t20-/m0/s1. The van der Waals surface area contributed by atoms with Gasteiger partial charge in [-0.05, 0) is 56.0 Å². The molecule has 0 unspecified atom stereocenters. The largest absolute Gasteiger partial charge is 0.493 e. The number of nitrogens with zero attached hydrogens (tertiary/aromatic N) is 1. The first kappa shape index (κ1) is 22.0. The van der Waals surface area contributed by atoms with Crippen LogP contribution in [0.2, 0.25) is 0 Å². The number of hydrogen-bond donors (Lipinski definition) is 2. The molecule has 6 heteroatoms. The van der Waals surface area contributed by atoms with Crippen molar-refractivity contribution in [1.29, 1.82) is 0 Å². The quantitative estimate of drug-likeness (QED) is 0.757. The Morgan fingerprint density at radius 3 is 2.40 bits per heavy atom. The van der Waals surface area contributed by atoms with E-state index in [0.717, 1.165) is 25.3 Å². The first-order chi connectivity index (χ1) is 14.3. The van der Waals surface area contributed by atoms with Crippen LogP contribution in [-0.4, -0.2) is 43.8 Å². The first-order valence-corrected chi connectivity index (χ1v) is 10.4. The molecule has 2 N–H and O–H groups in total. The minimum Gasteiger partial charge on any atom is -0.493 e. The van der Waals surface area contributed by atoms with Gasteiger partial charge in [-0.25, -0.2) is 4.79 Å². The van der Waals surface area contributed by atoms with Crippen LogP contribution in [0.5, 0.6) is 11.5 Å². The maximum Gasteiger partial charge on any atom is 0.315 e. The first-order valence-electron chi connectivity index (χ1n) is 10.4. The van der Waals surface area contributed by atoms with Gasteiger partial charge < -0.3 is 20.1 Å². The summed E-state index contributed by atoms with van der Waals surface area (Å²) in [5, 5.41) is 6.04. The summed E-state index contributed by atoms with van der Waals surface area (Å²) in [5.41, 5.74) is 3.38. The van der Waals surface area contributed by atoms with E-state index in [1.807, 2.05) is 26.8 Å². The van der Waals surface area contributed by atoms with E-state index in [9.17, 15) is 4.79 Å². The number of carbonyl (C=O) groups is 1. The van der Waals surface area contributed by atoms with E-state index in [2.05, 4.69) is 51.9 Å². The highest BCUT2D eigenvalue weighted by molar-refractivity contribution is 5.74. The highest BCUT2D eigenvalue weighted by Gasteiger charge is 2.30. The van der Waals surface area contributed by atoms with Crippen LogP contribution in [-0.2, 0) is 13.0 Å². The van der Waals surface area contributed by atoms with Gasteiger partial charge in [-0.3, -0.25) is 4.90 Å². The minimum absolute atomic E-state index is 0.0412. The number of urea groups is 1. The lowest BCUT2D eigenvalue weighted by molar-refractivity contribution is 0.169. The molecule has 0 aromatic heterocycles. The highest BCUT2D eigenvalue weighted by Crippen LogP contribution is 2.38. The molecule has 1 aliphatic heterocycles. The predicted octanol–water partition coefficient (Wildman–Crippen LogP) is 3.90. The van der Waals surface area contributed by atoms with E-state index < -0.39 is 0 Å². The number of benzene rings is 2. The van der Waals surface area contributed by atoms with Gasteiger partial charge in [-0.2, -0.15) is 0 Å². The second-order valence-electron chi connectivity index (χ2n) is 8.71. The van der Waals surface area contributed by atoms with Crippen LogP contribution in [0.4, 0.5) is 4.79 Å². The molecule has 0 bridgehead atoms. The molecule has 0 aliphatic carbocycles. The van der Waals surface area contributed by atoms with Crippen molar-refractivity contribution in [2.75, 3.05) is 27.3 Å². The molecule has 1 atom stereocenters. The number of carbonyl (C=O) groups excluding carboxylic acids is 1. The summed E-state index contributed by atoms with van der Waals surface area (Å²) in [6.45, 7) is 8.16. The van der Waals surface area contributed by atoms with E-state index >= 15 is 0 Å². The number of fused-ring (bicyclic) bond motifs is 1. The van der Waals surface area contributed by atoms with E-state index in [-0.39, 0.29) is 17.6 Å². The van der Waals surface area contributed by atoms with Crippen molar-refractivity contribution < 1.29 is 14.3 Å². The summed E-state index contributed by atoms with van der Waals surface area (Å²) in [4.78, 5) is 14.8. The van der Waals surface area contributed by atoms with Crippen LogP contribution < -0.4 is 20.1 Å². The fourth-order valence-electron chi connectivity index (χ4n) is 3.90. The Bertz CT molecular complexity index is 862. The Balaban J connectivity index is 1.87. The monoisotopic (exact) mass is 411 g/mol. The maximum atomic E-state index is 12.4. The molecule has 0 spiro atoms. The second-order valence-corrected chi connectivity index (χ2v) is 8.71. The SMILES string of the molecule is COc1cc2c(cc1OC)[C@H](CNC(=O)NC(C)(C)C)N(Cc1ccccc1)CC2. The third kappa shape index (κ3) is 5.45. The van der Waals surface area contributed by atoms with E-state index in [0.29, 0.717) is 12.3 Å². The molecule has 0 fully saturated rings. The zero-order chi connectivity index (χ0) is 21.7. The van der Waals surface area contributed by atoms with E-state index in [4.69, 9.17) is 9.47 Å². The van der Waals surface area contributed by atoms with Crippen molar-refractivity contribution in [3.8, 4) is 11.5 Å². The van der Waals surface area contributed by atoms with Gasteiger partial charge in [0.05, 0.1) is 20.3 Å². The Morgan fingerprint density at radius 2 is 1.77 bits per heavy atom. The van der Waals surface area contributed by atoms with E-state index in [1.54, 1.807) is 14.2 Å². The van der Waals surface area contributed by atoms with Crippen molar-refractivity contribution in [3.63, 3.8) is 0 Å². The van der Waals surface area contributed by atoms with Crippen LogP contribution in [0, 0.1) is 0 Å². The van der Waals surface area contributed by atoms with Crippen LogP contribution >= 0.6 is 0 Å². The Kier molecular flexibility index (Phi) is 6.87. The van der Waals surface area contributed by atoms with Crippen LogP contribution in [0.1, 0.15) is 43.5 Å². The molecule has 2 aromatic rings. The lowest BCUT2D eigenvalue weighted by Crippen LogP contribution is -2.49. The van der Waals surface area contributed by atoms with Gasteiger partial charge in [0.2, 0.25) is 0 Å². The molecule has 162 valence electrons. The number of ether oxygens (including phenoxy) is 2. The van der Waals surface area contributed by atoms with Gasteiger partial charge in [0.1, 0.15) is 0 Å². The van der Waals surface area contributed by atoms with Crippen molar-refractivity contribution >= 4 is 6.03 Å². The highest BCUT2D eigenvalue weighted by atomic mass is 16.5. The molecule has 2 amide bonds. The van der Waals surface area contributed by atoms with Gasteiger partial charge in [0.25, 0.3) is 0 Å². The third-order valence-electron chi connectivity index (χ3n) is 5.29. The molecule has 2 aromatic carbocycles. The summed E-state index contributed by atoms with van der Waals surface area (Å²) in [6.07, 6.45) is 0.924. The minimum atomic E-state index is -0.283. The average Bonchev–Trinajstić information content (AvgIpc) is 2.71. The Morgan fingerprint density at radius 1 is 1.10 bits per heavy atom. The lowest BCUT2D eigenvalue weighted by atomic mass is 9.91. The number of methoxy groups -OCH3 is 2. The topological polar surface area (TPSA) is 62.8 Å². The smallest absolute Gasteiger partial charge is 0.315 e.